The molecule has 11 heteroatoms. The topological polar surface area (TPSA) is 76.2 Å². The van der Waals surface area contributed by atoms with Crippen LogP contribution in [-0.4, -0.2) is 59.7 Å². The second kappa shape index (κ2) is 11.1. The van der Waals surface area contributed by atoms with Crippen LogP contribution in [0.25, 0.3) is 6.08 Å². The molecular weight excluding hydrogens is 567 g/mol. The van der Waals surface area contributed by atoms with Crippen molar-refractivity contribution in [2.24, 2.45) is 0 Å². The van der Waals surface area contributed by atoms with Crippen LogP contribution in [0.3, 0.4) is 0 Å². The van der Waals surface area contributed by atoms with E-state index in [9.17, 15) is 14.4 Å². The lowest BCUT2D eigenvalue weighted by molar-refractivity contribution is -0.139. The van der Waals surface area contributed by atoms with Crippen molar-refractivity contribution < 1.29 is 23.9 Å². The number of ether oxygens (including phenoxy) is 2. The average Bonchev–Trinajstić information content (AvgIpc) is 3.07. The van der Waals surface area contributed by atoms with Gasteiger partial charge in [0.15, 0.2) is 5.75 Å². The lowest BCUT2D eigenvalue weighted by Crippen LogP contribution is -2.46. The number of hydrogen-bond donors (Lipinski definition) is 0. The maximum atomic E-state index is 12.8. The van der Waals surface area contributed by atoms with E-state index in [1.54, 1.807) is 29.2 Å². The molecule has 0 aromatic heterocycles. The van der Waals surface area contributed by atoms with E-state index in [2.05, 4.69) is 15.9 Å². The van der Waals surface area contributed by atoms with Crippen LogP contribution in [0.2, 0.25) is 10.0 Å². The summed E-state index contributed by atoms with van der Waals surface area (Å²) < 4.78 is 11.7. The molecule has 0 saturated carbocycles. The van der Waals surface area contributed by atoms with Gasteiger partial charge in [-0.25, -0.2) is 0 Å². The summed E-state index contributed by atoms with van der Waals surface area (Å²) in [4.78, 5) is 40.5. The fraction of sp³-hybridized carbons (Fsp3) is 0.261. The molecule has 2 aliphatic heterocycles. The molecule has 3 amide bonds. The van der Waals surface area contributed by atoms with Crippen LogP contribution in [0.1, 0.15) is 11.1 Å². The zero-order valence-corrected chi connectivity index (χ0v) is 21.7. The SMILES string of the molecule is O=C(CN1C(=O)S/C(=C\c2cc(Cl)c(OCc3ccccc3Cl)c(Br)c2)C1=O)N1CCOCC1. The maximum Gasteiger partial charge on any atom is 0.294 e. The van der Waals surface area contributed by atoms with Gasteiger partial charge in [-0.05, 0) is 57.5 Å². The fourth-order valence-corrected chi connectivity index (χ4v) is 5.42. The first kappa shape index (κ1) is 25.1. The highest BCUT2D eigenvalue weighted by Gasteiger charge is 2.37. The second-order valence-corrected chi connectivity index (χ2v) is 10.1. The number of imide groups is 1. The van der Waals surface area contributed by atoms with Crippen molar-refractivity contribution in [1.29, 1.82) is 0 Å². The molecule has 2 heterocycles. The van der Waals surface area contributed by atoms with Gasteiger partial charge < -0.3 is 14.4 Å². The highest BCUT2D eigenvalue weighted by molar-refractivity contribution is 9.10. The summed E-state index contributed by atoms with van der Waals surface area (Å²) in [5.74, 6) is -0.358. The molecule has 0 spiro atoms. The third-order valence-electron chi connectivity index (χ3n) is 5.18. The highest BCUT2D eigenvalue weighted by Crippen LogP contribution is 2.38. The summed E-state index contributed by atoms with van der Waals surface area (Å²) in [5.41, 5.74) is 1.42. The number of halogens is 3. The Balaban J connectivity index is 1.46. The molecule has 0 N–H and O–H groups in total. The van der Waals surface area contributed by atoms with E-state index in [1.165, 1.54) is 0 Å². The number of thioether (sulfide) groups is 1. The van der Waals surface area contributed by atoms with E-state index >= 15 is 0 Å². The minimum Gasteiger partial charge on any atom is -0.486 e. The van der Waals surface area contributed by atoms with E-state index < -0.39 is 11.1 Å². The normalized spacial score (nSPS) is 17.6. The molecule has 178 valence electrons. The van der Waals surface area contributed by atoms with Gasteiger partial charge in [0, 0.05) is 23.7 Å². The Labute approximate surface area is 219 Å². The number of carbonyl (C=O) groups is 3. The van der Waals surface area contributed by atoms with E-state index in [0.717, 1.165) is 22.2 Å². The number of morpholine rings is 1. The Morgan fingerprint density at radius 1 is 1.15 bits per heavy atom. The summed E-state index contributed by atoms with van der Waals surface area (Å²) in [6.07, 6.45) is 1.57. The van der Waals surface area contributed by atoms with Crippen molar-refractivity contribution in [3.05, 3.63) is 66.9 Å². The van der Waals surface area contributed by atoms with Crippen molar-refractivity contribution >= 4 is 74.0 Å². The van der Waals surface area contributed by atoms with Gasteiger partial charge in [0.1, 0.15) is 13.2 Å². The average molecular weight is 586 g/mol. The molecule has 2 aromatic rings. The zero-order valence-electron chi connectivity index (χ0n) is 17.8. The summed E-state index contributed by atoms with van der Waals surface area (Å²) in [6, 6.07) is 10.7. The molecule has 0 bridgehead atoms. The molecule has 2 aromatic carbocycles. The number of carbonyl (C=O) groups excluding carboxylic acids is 3. The minimum absolute atomic E-state index is 0.215. The quantitative estimate of drug-likeness (QED) is 0.432. The maximum absolute atomic E-state index is 12.8. The minimum atomic E-state index is -0.511. The number of nitrogens with zero attached hydrogens (tertiary/aromatic N) is 2. The Kier molecular flexibility index (Phi) is 8.21. The molecule has 2 fully saturated rings. The number of benzene rings is 2. The van der Waals surface area contributed by atoms with Crippen LogP contribution in [-0.2, 0) is 20.9 Å². The van der Waals surface area contributed by atoms with Gasteiger partial charge in [-0.3, -0.25) is 19.3 Å². The monoisotopic (exact) mass is 584 g/mol. The molecule has 2 aliphatic rings. The van der Waals surface area contributed by atoms with Crippen LogP contribution < -0.4 is 4.74 Å². The van der Waals surface area contributed by atoms with Crippen molar-refractivity contribution in [3.8, 4) is 5.75 Å². The fourth-order valence-electron chi connectivity index (χ4n) is 3.40. The first-order valence-electron chi connectivity index (χ1n) is 10.3. The van der Waals surface area contributed by atoms with E-state index in [0.29, 0.717) is 52.1 Å². The molecule has 4 rings (SSSR count). The third-order valence-corrected chi connectivity index (χ3v) is 7.32. The summed E-state index contributed by atoms with van der Waals surface area (Å²) in [5, 5.41) is 0.436. The first-order valence-corrected chi connectivity index (χ1v) is 12.7. The second-order valence-electron chi connectivity index (χ2n) is 7.45. The lowest BCUT2D eigenvalue weighted by Gasteiger charge is -2.28. The van der Waals surface area contributed by atoms with Gasteiger partial charge in [-0.2, -0.15) is 0 Å². The van der Waals surface area contributed by atoms with Crippen molar-refractivity contribution in [2.45, 2.75) is 6.61 Å². The van der Waals surface area contributed by atoms with Crippen LogP contribution in [0.4, 0.5) is 4.79 Å². The van der Waals surface area contributed by atoms with Crippen LogP contribution in [0.15, 0.2) is 45.8 Å². The van der Waals surface area contributed by atoms with Gasteiger partial charge in [-0.15, -0.1) is 0 Å². The number of amides is 3. The van der Waals surface area contributed by atoms with Crippen molar-refractivity contribution in [2.75, 3.05) is 32.8 Å². The predicted octanol–water partition coefficient (Wildman–Crippen LogP) is 5.23. The third kappa shape index (κ3) is 5.78. The Morgan fingerprint density at radius 2 is 1.88 bits per heavy atom. The van der Waals surface area contributed by atoms with Gasteiger partial charge in [0.25, 0.3) is 11.1 Å². The summed E-state index contributed by atoms with van der Waals surface area (Å²) in [6.45, 7) is 1.72. The van der Waals surface area contributed by atoms with Gasteiger partial charge in [0.2, 0.25) is 5.91 Å². The smallest absolute Gasteiger partial charge is 0.294 e. The Hall–Kier alpha value is -2.04. The molecule has 0 aliphatic carbocycles. The van der Waals surface area contributed by atoms with Crippen LogP contribution in [0, 0.1) is 0 Å². The van der Waals surface area contributed by atoms with Crippen LogP contribution in [0.5, 0.6) is 5.75 Å². The van der Waals surface area contributed by atoms with Gasteiger partial charge in [-0.1, -0.05) is 41.4 Å². The van der Waals surface area contributed by atoms with Gasteiger partial charge >= 0.3 is 0 Å². The summed E-state index contributed by atoms with van der Waals surface area (Å²) >= 11 is 16.8. The molecular formula is C23H19BrCl2N2O5S. The number of hydrogen-bond acceptors (Lipinski definition) is 6. The Morgan fingerprint density at radius 3 is 2.59 bits per heavy atom. The van der Waals surface area contributed by atoms with Crippen LogP contribution >= 0.6 is 50.9 Å². The van der Waals surface area contributed by atoms with E-state index in [4.69, 9.17) is 32.7 Å². The Bertz CT molecular complexity index is 1150. The largest absolute Gasteiger partial charge is 0.486 e. The van der Waals surface area contributed by atoms with Crippen molar-refractivity contribution in [1.82, 2.24) is 9.80 Å². The predicted molar refractivity (Wildman–Crippen MR) is 135 cm³/mol. The van der Waals surface area contributed by atoms with E-state index in [-0.39, 0.29) is 24.0 Å². The zero-order chi connectivity index (χ0) is 24.2. The molecule has 34 heavy (non-hydrogen) atoms. The summed E-state index contributed by atoms with van der Waals surface area (Å²) in [7, 11) is 0. The van der Waals surface area contributed by atoms with E-state index in [1.807, 2.05) is 18.2 Å². The molecule has 0 radical (unpaired) electrons. The molecule has 0 atom stereocenters. The molecule has 7 nitrogen and oxygen atoms in total. The molecule has 2 saturated heterocycles. The van der Waals surface area contributed by atoms with Crippen molar-refractivity contribution in [3.63, 3.8) is 0 Å². The highest BCUT2D eigenvalue weighted by atomic mass is 79.9. The number of rotatable bonds is 6. The molecule has 0 unspecified atom stereocenters. The first-order chi connectivity index (χ1) is 16.3. The van der Waals surface area contributed by atoms with Gasteiger partial charge in [0.05, 0.1) is 27.6 Å². The lowest BCUT2D eigenvalue weighted by atomic mass is 10.2. The standard InChI is InChI=1S/C23H19BrCl2N2O5S/c24-16-9-14(10-18(26)21(16)33-13-15-3-1-2-4-17(15)25)11-19-22(30)28(23(31)34-19)12-20(29)27-5-7-32-8-6-27/h1-4,9-11H,5-8,12-13H2/b19-11-.